The van der Waals surface area contributed by atoms with Gasteiger partial charge in [0.15, 0.2) is 0 Å². The van der Waals surface area contributed by atoms with Crippen LogP contribution < -0.4 is 16.0 Å². The summed E-state index contributed by atoms with van der Waals surface area (Å²) in [6.45, 7) is 4.11. The molecule has 0 aromatic carbocycles. The molecule has 4 N–H and O–H groups in total. The maximum atomic E-state index is 13.3. The molecule has 1 saturated heterocycles. The number of nitrogens with one attached hydrogen (secondary N) is 4. The van der Waals surface area contributed by atoms with Crippen molar-refractivity contribution in [3.05, 3.63) is 41.6 Å². The Hall–Kier alpha value is -3.77. The zero-order chi connectivity index (χ0) is 24.2. The summed E-state index contributed by atoms with van der Waals surface area (Å²) in [5, 5.41) is 8.47. The Balaban J connectivity index is 1.37. The largest absolute Gasteiger partial charge is 0.408 e. The van der Waals surface area contributed by atoms with Gasteiger partial charge in [-0.05, 0) is 31.9 Å². The smallest absolute Gasteiger partial charge is 0.366 e. The molecule has 3 aliphatic rings. The van der Waals surface area contributed by atoms with Crippen LogP contribution in [0.15, 0.2) is 36.1 Å². The quantitative estimate of drug-likeness (QED) is 0.538. The standard InChI is InChI=1S/C21H23F3N8O2/c1-10-7-25-16-13(10)8-26-19(29-16)30-20(34)32-12-5-6-31(9-12)15-4-3-14(28-17(15)32)18(33)27-11(2)21(22,23)24/h3-4,7-8,11-12,14,28H,5-6,9H2,1-2H3,(H,27,33)(H2,25,26,29,30,34)/t11-,12+,14?/m1/s1. The van der Waals surface area contributed by atoms with Gasteiger partial charge >= 0.3 is 12.2 Å². The number of hydrogen-bond donors (Lipinski definition) is 4. The Labute approximate surface area is 192 Å². The fourth-order valence-corrected chi connectivity index (χ4v) is 4.39. The lowest BCUT2D eigenvalue weighted by molar-refractivity contribution is -0.158. The fraction of sp³-hybridized carbons (Fsp3) is 0.429. The number of alkyl halides is 3. The Morgan fingerprint density at radius 1 is 1.32 bits per heavy atom. The molecule has 3 amide bonds. The van der Waals surface area contributed by atoms with Crippen LogP contribution >= 0.6 is 0 Å². The molecule has 10 nitrogen and oxygen atoms in total. The van der Waals surface area contributed by atoms with Crippen molar-refractivity contribution in [3.8, 4) is 0 Å². The molecule has 5 heterocycles. The summed E-state index contributed by atoms with van der Waals surface area (Å²) in [6.07, 6.45) is 2.72. The summed E-state index contributed by atoms with van der Waals surface area (Å²) < 4.78 is 38.7. The highest BCUT2D eigenvalue weighted by Crippen LogP contribution is 2.33. The highest BCUT2D eigenvalue weighted by Gasteiger charge is 2.43. The molecule has 180 valence electrons. The number of carbonyl (C=O) groups is 2. The lowest BCUT2D eigenvalue weighted by atomic mass is 10.1. The van der Waals surface area contributed by atoms with Crippen LogP contribution in [0.5, 0.6) is 0 Å². The Bertz CT molecular complexity index is 1220. The number of anilines is 1. The summed E-state index contributed by atoms with van der Waals surface area (Å²) in [4.78, 5) is 40.9. The fourth-order valence-electron chi connectivity index (χ4n) is 4.39. The number of aryl methyl sites for hydroxylation is 1. The summed E-state index contributed by atoms with van der Waals surface area (Å²) in [7, 11) is 0. The number of H-pyrrole nitrogens is 1. The first-order valence-electron chi connectivity index (χ1n) is 10.8. The zero-order valence-corrected chi connectivity index (χ0v) is 18.4. The monoisotopic (exact) mass is 476 g/mol. The van der Waals surface area contributed by atoms with Gasteiger partial charge in [0.1, 0.15) is 23.6 Å². The van der Waals surface area contributed by atoms with E-state index in [-0.39, 0.29) is 12.0 Å². The normalized spacial score (nSPS) is 22.5. The molecule has 0 radical (unpaired) electrons. The maximum Gasteiger partial charge on any atom is 0.408 e. The summed E-state index contributed by atoms with van der Waals surface area (Å²) >= 11 is 0. The molecule has 0 spiro atoms. The van der Waals surface area contributed by atoms with E-state index in [9.17, 15) is 22.8 Å². The van der Waals surface area contributed by atoms with Gasteiger partial charge in [-0.25, -0.2) is 9.78 Å². The van der Waals surface area contributed by atoms with Gasteiger partial charge in [0.2, 0.25) is 11.9 Å². The molecule has 0 aliphatic carbocycles. The zero-order valence-electron chi connectivity index (χ0n) is 18.4. The SMILES string of the molecule is Cc1c[nH]c2nc(NC(=O)N3C4=C(C=CC(C(=O)N[C@H](C)C(F)(F)F)N4)N4CC[C@H]3C4)ncc12. The summed E-state index contributed by atoms with van der Waals surface area (Å²) in [5.41, 5.74) is 2.27. The van der Waals surface area contributed by atoms with Gasteiger partial charge < -0.3 is 20.5 Å². The van der Waals surface area contributed by atoms with Crippen LogP contribution in [-0.2, 0) is 4.79 Å². The second-order valence-electron chi connectivity index (χ2n) is 8.60. The molecule has 13 heteroatoms. The third-order valence-electron chi connectivity index (χ3n) is 6.30. The number of rotatable bonds is 3. The molecule has 2 aromatic rings. The molecule has 1 fully saturated rings. The van der Waals surface area contributed by atoms with E-state index in [4.69, 9.17) is 0 Å². The third kappa shape index (κ3) is 3.80. The number of nitrogens with zero attached hydrogens (tertiary/aromatic N) is 4. The highest BCUT2D eigenvalue weighted by atomic mass is 19.4. The predicted molar refractivity (Wildman–Crippen MR) is 116 cm³/mol. The van der Waals surface area contributed by atoms with Crippen LogP contribution in [0.2, 0.25) is 0 Å². The van der Waals surface area contributed by atoms with Crippen molar-refractivity contribution in [1.29, 1.82) is 0 Å². The minimum absolute atomic E-state index is 0.113. The van der Waals surface area contributed by atoms with Crippen LogP contribution in [0.25, 0.3) is 11.0 Å². The van der Waals surface area contributed by atoms with Crippen LogP contribution in [-0.4, -0.2) is 74.1 Å². The predicted octanol–water partition coefficient (Wildman–Crippen LogP) is 1.95. The molecule has 34 heavy (non-hydrogen) atoms. The first kappa shape index (κ1) is 22.0. The van der Waals surface area contributed by atoms with Crippen molar-refractivity contribution in [2.24, 2.45) is 0 Å². The molecule has 5 rings (SSSR count). The van der Waals surface area contributed by atoms with Gasteiger partial charge in [0.05, 0.1) is 11.7 Å². The molecular formula is C21H23F3N8O2. The number of halogens is 3. The van der Waals surface area contributed by atoms with E-state index in [0.717, 1.165) is 17.9 Å². The second-order valence-corrected chi connectivity index (χ2v) is 8.60. The molecule has 2 bridgehead atoms. The minimum Gasteiger partial charge on any atom is -0.366 e. The molecule has 2 aromatic heterocycles. The van der Waals surface area contributed by atoms with E-state index in [1.165, 1.54) is 11.0 Å². The average Bonchev–Trinajstić information content (AvgIpc) is 3.37. The highest BCUT2D eigenvalue weighted by molar-refractivity contribution is 5.91. The Kier molecular flexibility index (Phi) is 5.14. The van der Waals surface area contributed by atoms with Crippen molar-refractivity contribution in [1.82, 2.24) is 35.4 Å². The number of aromatic nitrogens is 3. The third-order valence-corrected chi connectivity index (χ3v) is 6.30. The van der Waals surface area contributed by atoms with Crippen LogP contribution in [0, 0.1) is 6.92 Å². The van der Waals surface area contributed by atoms with E-state index in [2.05, 4.69) is 30.5 Å². The van der Waals surface area contributed by atoms with Gasteiger partial charge in [-0.15, -0.1) is 0 Å². The number of aromatic amines is 1. The van der Waals surface area contributed by atoms with Crippen molar-refractivity contribution < 1.29 is 22.8 Å². The van der Waals surface area contributed by atoms with Crippen molar-refractivity contribution >= 4 is 28.9 Å². The number of dihydropyridines is 1. The van der Waals surface area contributed by atoms with Crippen molar-refractivity contribution in [2.45, 2.75) is 44.6 Å². The van der Waals surface area contributed by atoms with Crippen molar-refractivity contribution in [3.63, 3.8) is 0 Å². The molecule has 1 unspecified atom stereocenters. The lowest BCUT2D eigenvalue weighted by Crippen LogP contribution is -2.57. The van der Waals surface area contributed by atoms with Gasteiger partial charge in [0, 0.05) is 30.9 Å². The number of urea groups is 1. The maximum absolute atomic E-state index is 13.3. The average molecular weight is 476 g/mol. The first-order chi connectivity index (χ1) is 16.1. The minimum atomic E-state index is -4.56. The van der Waals surface area contributed by atoms with E-state index in [0.29, 0.717) is 36.7 Å². The Morgan fingerprint density at radius 3 is 2.88 bits per heavy atom. The second kappa shape index (κ2) is 7.92. The molecule has 3 atom stereocenters. The van der Waals surface area contributed by atoms with Crippen molar-refractivity contribution in [2.75, 3.05) is 18.4 Å². The molecule has 3 aliphatic heterocycles. The number of carbonyl (C=O) groups excluding carboxylic acids is 2. The number of fused-ring (bicyclic) bond motifs is 4. The van der Waals surface area contributed by atoms with Crippen LogP contribution in [0.1, 0.15) is 18.9 Å². The van der Waals surface area contributed by atoms with Gasteiger partial charge in [-0.2, -0.15) is 18.2 Å². The Morgan fingerprint density at radius 2 is 2.12 bits per heavy atom. The number of hydrogen-bond acceptors (Lipinski definition) is 6. The molecular weight excluding hydrogens is 453 g/mol. The van der Waals surface area contributed by atoms with Crippen LogP contribution in [0.3, 0.4) is 0 Å². The van der Waals surface area contributed by atoms with Gasteiger partial charge in [0.25, 0.3) is 0 Å². The van der Waals surface area contributed by atoms with E-state index < -0.39 is 30.2 Å². The van der Waals surface area contributed by atoms with Crippen LogP contribution in [0.4, 0.5) is 23.9 Å². The number of allylic oxidation sites excluding steroid dienone is 1. The van der Waals surface area contributed by atoms with E-state index in [1.807, 2.05) is 12.2 Å². The van der Waals surface area contributed by atoms with Gasteiger partial charge in [-0.1, -0.05) is 6.08 Å². The summed E-state index contributed by atoms with van der Waals surface area (Å²) in [6, 6.07) is -3.73. The van der Waals surface area contributed by atoms with Gasteiger partial charge in [-0.3, -0.25) is 15.0 Å². The van der Waals surface area contributed by atoms with E-state index in [1.54, 1.807) is 18.5 Å². The number of amides is 3. The van der Waals surface area contributed by atoms with E-state index >= 15 is 0 Å². The summed E-state index contributed by atoms with van der Waals surface area (Å²) in [5.74, 6) is -0.358. The first-order valence-corrected chi connectivity index (χ1v) is 10.8. The molecule has 0 saturated carbocycles. The lowest BCUT2D eigenvalue weighted by Gasteiger charge is -2.40. The topological polar surface area (TPSA) is 118 Å².